The van der Waals surface area contributed by atoms with Crippen molar-refractivity contribution in [2.45, 2.75) is 36.9 Å². The lowest BCUT2D eigenvalue weighted by atomic mass is 9.95. The average molecular weight is 302 g/mol. The van der Waals surface area contributed by atoms with Crippen LogP contribution in [0, 0.1) is 11.8 Å². The molecule has 1 aromatic heterocycles. The van der Waals surface area contributed by atoms with Gasteiger partial charge in [0.05, 0.1) is 5.75 Å². The standard InChI is InChI=1S/C16H18N2O2S/c19-15(17-13-8-10-5-6-11(13)7-10)9-21-16-18-12-3-1-2-4-14(12)20-16/h1-4,10-11,13H,5-9H2,(H,17,19)/t10-,11+,13+/m0/s1. The molecule has 1 N–H and O–H groups in total. The van der Waals surface area contributed by atoms with Crippen molar-refractivity contribution >= 4 is 28.8 Å². The summed E-state index contributed by atoms with van der Waals surface area (Å²) in [6.07, 6.45) is 5.12. The van der Waals surface area contributed by atoms with Crippen LogP contribution in [0.15, 0.2) is 33.9 Å². The highest BCUT2D eigenvalue weighted by molar-refractivity contribution is 7.99. The van der Waals surface area contributed by atoms with Gasteiger partial charge in [-0.2, -0.15) is 0 Å². The fraction of sp³-hybridized carbons (Fsp3) is 0.500. The maximum absolute atomic E-state index is 12.1. The van der Waals surface area contributed by atoms with Gasteiger partial charge < -0.3 is 9.73 Å². The van der Waals surface area contributed by atoms with Crippen molar-refractivity contribution in [2.24, 2.45) is 11.8 Å². The van der Waals surface area contributed by atoms with Gasteiger partial charge in [-0.25, -0.2) is 4.98 Å². The Labute approximate surface area is 127 Å². The van der Waals surface area contributed by atoms with Crippen LogP contribution in [0.5, 0.6) is 0 Å². The van der Waals surface area contributed by atoms with Crippen LogP contribution >= 0.6 is 11.8 Å². The summed E-state index contributed by atoms with van der Waals surface area (Å²) in [4.78, 5) is 16.4. The molecule has 0 spiro atoms. The average Bonchev–Trinajstić information content (AvgIpc) is 3.19. The van der Waals surface area contributed by atoms with E-state index in [1.54, 1.807) is 0 Å². The van der Waals surface area contributed by atoms with E-state index in [1.165, 1.54) is 37.4 Å². The molecule has 2 aliphatic carbocycles. The van der Waals surface area contributed by atoms with Crippen LogP contribution in [0.3, 0.4) is 0 Å². The van der Waals surface area contributed by atoms with Crippen molar-refractivity contribution in [3.05, 3.63) is 24.3 Å². The molecule has 4 rings (SSSR count). The molecule has 2 aromatic rings. The lowest BCUT2D eigenvalue weighted by molar-refractivity contribution is -0.119. The van der Waals surface area contributed by atoms with Gasteiger partial charge >= 0.3 is 0 Å². The molecule has 2 fully saturated rings. The highest BCUT2D eigenvalue weighted by atomic mass is 32.2. The second-order valence-corrected chi connectivity index (χ2v) is 7.01. The Morgan fingerprint density at radius 2 is 2.24 bits per heavy atom. The van der Waals surface area contributed by atoms with E-state index in [4.69, 9.17) is 4.42 Å². The quantitative estimate of drug-likeness (QED) is 0.881. The predicted molar refractivity (Wildman–Crippen MR) is 82.1 cm³/mol. The first-order chi connectivity index (χ1) is 10.3. The van der Waals surface area contributed by atoms with Crippen LogP contribution in [-0.2, 0) is 4.79 Å². The van der Waals surface area contributed by atoms with Crippen LogP contribution < -0.4 is 5.32 Å². The van der Waals surface area contributed by atoms with Gasteiger partial charge in [-0.05, 0) is 43.2 Å². The first-order valence-electron chi connectivity index (χ1n) is 7.55. The molecule has 2 saturated carbocycles. The molecule has 2 aliphatic rings. The van der Waals surface area contributed by atoms with Crippen molar-refractivity contribution in [3.8, 4) is 0 Å². The number of fused-ring (bicyclic) bond motifs is 3. The van der Waals surface area contributed by atoms with Crippen molar-refractivity contribution < 1.29 is 9.21 Å². The summed E-state index contributed by atoms with van der Waals surface area (Å²) in [5.74, 6) is 2.04. The first kappa shape index (κ1) is 13.2. The zero-order chi connectivity index (χ0) is 14.2. The number of thioether (sulfide) groups is 1. The summed E-state index contributed by atoms with van der Waals surface area (Å²) in [6.45, 7) is 0. The number of hydrogen-bond acceptors (Lipinski definition) is 4. The number of hydrogen-bond donors (Lipinski definition) is 1. The Morgan fingerprint density at radius 1 is 1.33 bits per heavy atom. The maximum atomic E-state index is 12.1. The lowest BCUT2D eigenvalue weighted by Gasteiger charge is -2.22. The van der Waals surface area contributed by atoms with E-state index < -0.39 is 0 Å². The minimum absolute atomic E-state index is 0.0970. The highest BCUT2D eigenvalue weighted by Gasteiger charge is 2.39. The number of oxazole rings is 1. The van der Waals surface area contributed by atoms with Gasteiger partial charge in [-0.3, -0.25) is 4.79 Å². The summed E-state index contributed by atoms with van der Waals surface area (Å²) in [5.41, 5.74) is 1.61. The van der Waals surface area contributed by atoms with E-state index in [0.29, 0.717) is 22.9 Å². The van der Waals surface area contributed by atoms with Crippen molar-refractivity contribution in [2.75, 3.05) is 5.75 Å². The number of nitrogens with one attached hydrogen (secondary N) is 1. The van der Waals surface area contributed by atoms with E-state index in [2.05, 4.69) is 10.3 Å². The maximum Gasteiger partial charge on any atom is 0.257 e. The molecule has 21 heavy (non-hydrogen) atoms. The molecule has 1 heterocycles. The summed E-state index contributed by atoms with van der Waals surface area (Å²) in [7, 11) is 0. The number of para-hydroxylation sites is 2. The molecule has 0 aliphatic heterocycles. The zero-order valence-corrected chi connectivity index (χ0v) is 12.6. The van der Waals surface area contributed by atoms with Crippen LogP contribution in [0.4, 0.5) is 0 Å². The van der Waals surface area contributed by atoms with E-state index in [-0.39, 0.29) is 5.91 Å². The number of rotatable bonds is 4. The van der Waals surface area contributed by atoms with Crippen molar-refractivity contribution in [1.82, 2.24) is 10.3 Å². The summed E-state index contributed by atoms with van der Waals surface area (Å²) in [6, 6.07) is 8.06. The Bertz CT molecular complexity index is 636. The normalized spacial score (nSPS) is 27.3. The molecule has 4 nitrogen and oxygen atoms in total. The Hall–Kier alpha value is -1.49. The van der Waals surface area contributed by atoms with Gasteiger partial charge in [0.2, 0.25) is 5.91 Å². The summed E-state index contributed by atoms with van der Waals surface area (Å²) < 4.78 is 5.61. The Morgan fingerprint density at radius 3 is 3.00 bits per heavy atom. The highest BCUT2D eigenvalue weighted by Crippen LogP contribution is 2.44. The number of benzene rings is 1. The van der Waals surface area contributed by atoms with E-state index in [1.807, 2.05) is 24.3 Å². The minimum atomic E-state index is 0.0970. The first-order valence-corrected chi connectivity index (χ1v) is 8.54. The van der Waals surface area contributed by atoms with Crippen LogP contribution in [-0.4, -0.2) is 22.7 Å². The van der Waals surface area contributed by atoms with E-state index in [0.717, 1.165) is 17.0 Å². The third kappa shape index (κ3) is 2.67. The summed E-state index contributed by atoms with van der Waals surface area (Å²) >= 11 is 1.37. The third-order valence-electron chi connectivity index (χ3n) is 4.69. The number of amides is 1. The van der Waals surface area contributed by atoms with Gasteiger partial charge in [0.25, 0.3) is 5.22 Å². The largest absolute Gasteiger partial charge is 0.431 e. The minimum Gasteiger partial charge on any atom is -0.431 e. The molecule has 1 amide bonds. The number of carbonyl (C=O) groups is 1. The number of carbonyl (C=O) groups excluding carboxylic acids is 1. The molecular formula is C16H18N2O2S. The fourth-order valence-corrected chi connectivity index (χ4v) is 4.36. The molecule has 110 valence electrons. The van der Waals surface area contributed by atoms with Crippen LogP contribution in [0.1, 0.15) is 25.7 Å². The van der Waals surface area contributed by atoms with Crippen molar-refractivity contribution in [3.63, 3.8) is 0 Å². The van der Waals surface area contributed by atoms with Crippen LogP contribution in [0.2, 0.25) is 0 Å². The predicted octanol–water partition coefficient (Wildman–Crippen LogP) is 3.22. The smallest absolute Gasteiger partial charge is 0.257 e. The molecule has 2 bridgehead atoms. The SMILES string of the molecule is O=C(CSc1nc2ccccc2o1)N[C@@H]1C[C@H]2CC[C@@H]1C2. The second kappa shape index (κ2) is 5.37. The lowest BCUT2D eigenvalue weighted by Crippen LogP contribution is -2.39. The second-order valence-electron chi connectivity index (χ2n) is 6.09. The van der Waals surface area contributed by atoms with Gasteiger partial charge in [0.15, 0.2) is 5.58 Å². The number of aromatic nitrogens is 1. The van der Waals surface area contributed by atoms with Gasteiger partial charge in [0.1, 0.15) is 5.52 Å². The molecule has 0 unspecified atom stereocenters. The zero-order valence-electron chi connectivity index (χ0n) is 11.7. The van der Waals surface area contributed by atoms with Crippen molar-refractivity contribution in [1.29, 1.82) is 0 Å². The molecule has 1 aromatic carbocycles. The molecule has 5 heteroatoms. The molecule has 0 radical (unpaired) electrons. The fourth-order valence-electron chi connectivity index (χ4n) is 3.71. The van der Waals surface area contributed by atoms with E-state index in [9.17, 15) is 4.79 Å². The molecule has 3 atom stereocenters. The van der Waals surface area contributed by atoms with Gasteiger partial charge in [-0.15, -0.1) is 0 Å². The Kier molecular flexibility index (Phi) is 3.37. The third-order valence-corrected chi connectivity index (χ3v) is 5.51. The number of nitrogens with zero attached hydrogens (tertiary/aromatic N) is 1. The van der Waals surface area contributed by atoms with Crippen LogP contribution in [0.25, 0.3) is 11.1 Å². The summed E-state index contributed by atoms with van der Waals surface area (Å²) in [5, 5.41) is 3.75. The topological polar surface area (TPSA) is 55.1 Å². The molecular weight excluding hydrogens is 284 g/mol. The van der Waals surface area contributed by atoms with E-state index >= 15 is 0 Å². The molecule has 0 saturated heterocycles. The van der Waals surface area contributed by atoms with Gasteiger partial charge in [-0.1, -0.05) is 30.3 Å². The van der Waals surface area contributed by atoms with Gasteiger partial charge in [0, 0.05) is 6.04 Å². The Balaban J connectivity index is 1.32. The monoisotopic (exact) mass is 302 g/mol.